The molecule has 2 heteroatoms. The fourth-order valence-electron chi connectivity index (χ4n) is 1.49. The number of aromatic nitrogens is 1. The average molecular weight is 137 g/mol. The first-order valence-corrected chi connectivity index (χ1v) is 3.68. The van der Waals surface area contributed by atoms with Crippen LogP contribution >= 0.6 is 0 Å². The fourth-order valence-corrected chi connectivity index (χ4v) is 1.49. The summed E-state index contributed by atoms with van der Waals surface area (Å²) < 4.78 is 2.12. The van der Waals surface area contributed by atoms with Crippen molar-refractivity contribution in [2.24, 2.45) is 0 Å². The number of aliphatic hydroxyl groups is 1. The molecule has 2 rings (SSSR count). The van der Waals surface area contributed by atoms with Gasteiger partial charge in [-0.15, -0.1) is 0 Å². The molecular weight excluding hydrogens is 126 g/mol. The van der Waals surface area contributed by atoms with Crippen molar-refractivity contribution in [1.82, 2.24) is 4.57 Å². The smallest absolute Gasteiger partial charge is 0.0722 e. The fraction of sp³-hybridized carbons (Fsp3) is 0.500. The van der Waals surface area contributed by atoms with Crippen molar-refractivity contribution in [2.75, 3.05) is 0 Å². The zero-order chi connectivity index (χ0) is 6.97. The van der Waals surface area contributed by atoms with Gasteiger partial charge in [-0.2, -0.15) is 0 Å². The lowest BCUT2D eigenvalue weighted by atomic mass is 10.1. The maximum atomic E-state index is 9.25. The van der Waals surface area contributed by atoms with Crippen LogP contribution in [-0.4, -0.2) is 15.8 Å². The third kappa shape index (κ3) is 0.847. The molecule has 0 spiro atoms. The Morgan fingerprint density at radius 3 is 3.40 bits per heavy atom. The monoisotopic (exact) mass is 137 g/mol. The van der Waals surface area contributed by atoms with Gasteiger partial charge in [0, 0.05) is 18.4 Å². The number of nitrogens with zero attached hydrogens (tertiary/aromatic N) is 1. The Morgan fingerprint density at radius 2 is 2.50 bits per heavy atom. The number of rotatable bonds is 0. The first kappa shape index (κ1) is 5.98. The molecule has 1 atom stereocenters. The molecule has 1 aliphatic heterocycles. The van der Waals surface area contributed by atoms with Gasteiger partial charge in [0.2, 0.25) is 0 Å². The van der Waals surface area contributed by atoms with E-state index in [-0.39, 0.29) is 6.10 Å². The molecule has 1 N–H and O–H groups in total. The van der Waals surface area contributed by atoms with Crippen molar-refractivity contribution in [2.45, 2.75) is 25.5 Å². The number of hydrogen-bond acceptors (Lipinski definition) is 1. The molecule has 1 aromatic heterocycles. The van der Waals surface area contributed by atoms with Crippen LogP contribution in [0.1, 0.15) is 12.1 Å². The number of hydrogen-bond donors (Lipinski definition) is 1. The lowest BCUT2D eigenvalue weighted by Crippen LogP contribution is -2.23. The zero-order valence-corrected chi connectivity index (χ0v) is 5.83. The van der Waals surface area contributed by atoms with E-state index in [0.717, 1.165) is 19.4 Å². The number of aryl methyl sites for hydroxylation is 1. The van der Waals surface area contributed by atoms with Crippen LogP contribution in [0.5, 0.6) is 0 Å². The topological polar surface area (TPSA) is 25.2 Å². The molecule has 0 fully saturated rings. The molecule has 0 radical (unpaired) electrons. The molecule has 2 nitrogen and oxygen atoms in total. The van der Waals surface area contributed by atoms with Crippen LogP contribution in [0.2, 0.25) is 0 Å². The van der Waals surface area contributed by atoms with Crippen LogP contribution in [0.15, 0.2) is 18.3 Å². The number of fused-ring (bicyclic) bond motifs is 1. The van der Waals surface area contributed by atoms with E-state index in [4.69, 9.17) is 0 Å². The summed E-state index contributed by atoms with van der Waals surface area (Å²) in [5.74, 6) is 0. The quantitative estimate of drug-likeness (QED) is 0.562. The highest BCUT2D eigenvalue weighted by atomic mass is 16.3. The Kier molecular flexibility index (Phi) is 1.27. The molecular formula is C8H11NO. The summed E-state index contributed by atoms with van der Waals surface area (Å²) in [5, 5.41) is 9.25. The minimum absolute atomic E-state index is 0.125. The van der Waals surface area contributed by atoms with Gasteiger partial charge >= 0.3 is 0 Å². The standard InChI is InChI=1S/C8H11NO/c10-8-4-3-7-2-1-5-9(7)6-8/h1-2,5,8,10H,3-4,6H2. The summed E-state index contributed by atoms with van der Waals surface area (Å²) in [4.78, 5) is 0. The van der Waals surface area contributed by atoms with Crippen LogP contribution in [0.25, 0.3) is 0 Å². The van der Waals surface area contributed by atoms with E-state index in [9.17, 15) is 5.11 Å². The van der Waals surface area contributed by atoms with Gasteiger partial charge in [-0.3, -0.25) is 0 Å². The summed E-state index contributed by atoms with van der Waals surface area (Å²) in [7, 11) is 0. The minimum Gasteiger partial charge on any atom is -0.391 e. The lowest BCUT2D eigenvalue weighted by molar-refractivity contribution is 0.131. The van der Waals surface area contributed by atoms with Gasteiger partial charge in [-0.1, -0.05) is 0 Å². The van der Waals surface area contributed by atoms with E-state index in [0.29, 0.717) is 0 Å². The van der Waals surface area contributed by atoms with Gasteiger partial charge in [0.15, 0.2) is 0 Å². The molecule has 0 aliphatic carbocycles. The molecule has 0 aromatic carbocycles. The first-order valence-electron chi connectivity index (χ1n) is 3.68. The predicted octanol–water partition coefficient (Wildman–Crippen LogP) is 0.795. The zero-order valence-electron chi connectivity index (χ0n) is 5.83. The minimum atomic E-state index is -0.125. The van der Waals surface area contributed by atoms with Gasteiger partial charge in [-0.25, -0.2) is 0 Å². The molecule has 0 saturated heterocycles. The summed E-state index contributed by atoms with van der Waals surface area (Å²) in [5.41, 5.74) is 1.35. The Labute approximate surface area is 60.1 Å². The Bertz CT molecular complexity index is 229. The van der Waals surface area contributed by atoms with Crippen molar-refractivity contribution in [3.63, 3.8) is 0 Å². The Balaban J connectivity index is 2.30. The highest BCUT2D eigenvalue weighted by Gasteiger charge is 2.13. The second-order valence-electron chi connectivity index (χ2n) is 2.84. The lowest BCUT2D eigenvalue weighted by Gasteiger charge is -2.19. The van der Waals surface area contributed by atoms with Crippen molar-refractivity contribution in [3.8, 4) is 0 Å². The molecule has 0 saturated carbocycles. The normalized spacial score (nSPS) is 24.3. The van der Waals surface area contributed by atoms with Gasteiger partial charge in [0.25, 0.3) is 0 Å². The Hall–Kier alpha value is -0.760. The molecule has 0 amide bonds. The van der Waals surface area contributed by atoms with Gasteiger partial charge in [0.05, 0.1) is 6.10 Å². The van der Waals surface area contributed by atoms with E-state index < -0.39 is 0 Å². The largest absolute Gasteiger partial charge is 0.391 e. The Morgan fingerprint density at radius 1 is 1.60 bits per heavy atom. The molecule has 2 heterocycles. The van der Waals surface area contributed by atoms with E-state index >= 15 is 0 Å². The first-order chi connectivity index (χ1) is 4.86. The van der Waals surface area contributed by atoms with Crippen LogP contribution in [0, 0.1) is 0 Å². The maximum Gasteiger partial charge on any atom is 0.0722 e. The van der Waals surface area contributed by atoms with Crippen molar-refractivity contribution in [3.05, 3.63) is 24.0 Å². The van der Waals surface area contributed by atoms with Gasteiger partial charge in [-0.05, 0) is 25.0 Å². The highest BCUT2D eigenvalue weighted by molar-refractivity contribution is 5.09. The van der Waals surface area contributed by atoms with Crippen LogP contribution in [-0.2, 0) is 13.0 Å². The van der Waals surface area contributed by atoms with E-state index in [1.165, 1.54) is 5.69 Å². The molecule has 0 bridgehead atoms. The third-order valence-corrected chi connectivity index (χ3v) is 2.06. The average Bonchev–Trinajstić information content (AvgIpc) is 2.33. The van der Waals surface area contributed by atoms with Crippen LogP contribution < -0.4 is 0 Å². The highest BCUT2D eigenvalue weighted by Crippen LogP contribution is 2.14. The summed E-state index contributed by atoms with van der Waals surface area (Å²) in [6, 6.07) is 4.15. The molecule has 1 aromatic rings. The van der Waals surface area contributed by atoms with E-state index in [2.05, 4.69) is 10.6 Å². The molecule has 10 heavy (non-hydrogen) atoms. The van der Waals surface area contributed by atoms with Crippen LogP contribution in [0.4, 0.5) is 0 Å². The second-order valence-corrected chi connectivity index (χ2v) is 2.84. The molecule has 54 valence electrons. The predicted molar refractivity (Wildman–Crippen MR) is 38.8 cm³/mol. The van der Waals surface area contributed by atoms with Crippen LogP contribution in [0.3, 0.4) is 0 Å². The summed E-state index contributed by atoms with van der Waals surface area (Å²) in [6.45, 7) is 0.780. The summed E-state index contributed by atoms with van der Waals surface area (Å²) in [6.07, 6.45) is 3.84. The van der Waals surface area contributed by atoms with Crippen molar-refractivity contribution < 1.29 is 5.11 Å². The number of aliphatic hydroxyl groups excluding tert-OH is 1. The summed E-state index contributed by atoms with van der Waals surface area (Å²) >= 11 is 0. The third-order valence-electron chi connectivity index (χ3n) is 2.06. The van der Waals surface area contributed by atoms with E-state index in [1.807, 2.05) is 12.3 Å². The van der Waals surface area contributed by atoms with Crippen molar-refractivity contribution in [1.29, 1.82) is 0 Å². The SMILES string of the molecule is OC1CCc2cccn2C1. The van der Waals surface area contributed by atoms with E-state index in [1.54, 1.807) is 0 Å². The van der Waals surface area contributed by atoms with Crippen molar-refractivity contribution >= 4 is 0 Å². The maximum absolute atomic E-state index is 9.25. The molecule has 1 unspecified atom stereocenters. The second kappa shape index (κ2) is 2.13. The van der Waals surface area contributed by atoms with Gasteiger partial charge in [0.1, 0.15) is 0 Å². The molecule has 1 aliphatic rings. The van der Waals surface area contributed by atoms with Gasteiger partial charge < -0.3 is 9.67 Å².